The lowest BCUT2D eigenvalue weighted by molar-refractivity contribution is 0.477. The van der Waals surface area contributed by atoms with Gasteiger partial charge in [0.2, 0.25) is 0 Å². The molecule has 0 saturated carbocycles. The predicted molar refractivity (Wildman–Crippen MR) is 71.6 cm³/mol. The van der Waals surface area contributed by atoms with Gasteiger partial charge in [-0.15, -0.1) is 0 Å². The second-order valence-electron chi connectivity index (χ2n) is 4.17. The quantitative estimate of drug-likeness (QED) is 0.836. The standard InChI is InChI=1S/C12H15N3O3S/c1-3-15-7-12(13-8-15)19(17,18)14-10-6-9(2)4-5-11(10)16/h4-8,14,16H,3H2,1-2H3. The summed E-state index contributed by atoms with van der Waals surface area (Å²) < 4.78 is 28.2. The van der Waals surface area contributed by atoms with Gasteiger partial charge in [0.05, 0.1) is 12.0 Å². The maximum Gasteiger partial charge on any atom is 0.281 e. The summed E-state index contributed by atoms with van der Waals surface area (Å²) in [6.07, 6.45) is 2.89. The second kappa shape index (κ2) is 4.93. The third-order valence-electron chi connectivity index (χ3n) is 2.65. The van der Waals surface area contributed by atoms with Crippen LogP contribution in [0.25, 0.3) is 0 Å². The largest absolute Gasteiger partial charge is 0.506 e. The summed E-state index contributed by atoms with van der Waals surface area (Å²) in [6, 6.07) is 4.69. The number of hydrogen-bond donors (Lipinski definition) is 2. The Morgan fingerprint density at radius 1 is 1.42 bits per heavy atom. The number of nitrogens with zero attached hydrogens (tertiary/aromatic N) is 2. The van der Waals surface area contributed by atoms with Crippen molar-refractivity contribution < 1.29 is 13.5 Å². The number of imidazole rings is 1. The normalized spacial score (nSPS) is 11.5. The zero-order valence-electron chi connectivity index (χ0n) is 10.7. The number of aromatic nitrogens is 2. The Hall–Kier alpha value is -2.02. The Bertz CT molecular complexity index is 692. The number of aryl methyl sites for hydroxylation is 2. The van der Waals surface area contributed by atoms with Gasteiger partial charge in [0.1, 0.15) is 5.75 Å². The number of phenols is 1. The van der Waals surface area contributed by atoms with Crippen molar-refractivity contribution in [3.63, 3.8) is 0 Å². The molecule has 0 aliphatic rings. The van der Waals surface area contributed by atoms with Gasteiger partial charge in [-0.25, -0.2) is 4.98 Å². The minimum Gasteiger partial charge on any atom is -0.506 e. The predicted octanol–water partition coefficient (Wildman–Crippen LogP) is 1.72. The van der Waals surface area contributed by atoms with Crippen molar-refractivity contribution >= 4 is 15.7 Å². The molecule has 0 fully saturated rings. The van der Waals surface area contributed by atoms with Crippen LogP contribution < -0.4 is 4.72 Å². The van der Waals surface area contributed by atoms with E-state index in [2.05, 4.69) is 9.71 Å². The highest BCUT2D eigenvalue weighted by Crippen LogP contribution is 2.26. The van der Waals surface area contributed by atoms with Gasteiger partial charge in [0, 0.05) is 12.7 Å². The topological polar surface area (TPSA) is 84.2 Å². The molecular weight excluding hydrogens is 266 g/mol. The number of phenolic OH excluding ortho intramolecular Hbond substituents is 1. The summed E-state index contributed by atoms with van der Waals surface area (Å²) >= 11 is 0. The van der Waals surface area contributed by atoms with E-state index in [9.17, 15) is 13.5 Å². The molecule has 7 heteroatoms. The van der Waals surface area contributed by atoms with Gasteiger partial charge < -0.3 is 9.67 Å². The molecule has 2 aromatic rings. The Morgan fingerprint density at radius 2 is 2.16 bits per heavy atom. The maximum atomic E-state index is 12.1. The summed E-state index contributed by atoms with van der Waals surface area (Å²) in [7, 11) is -3.78. The van der Waals surface area contributed by atoms with Crippen molar-refractivity contribution in [2.24, 2.45) is 0 Å². The molecular formula is C12H15N3O3S. The van der Waals surface area contributed by atoms with E-state index in [4.69, 9.17) is 0 Å². The van der Waals surface area contributed by atoms with Crippen molar-refractivity contribution in [2.45, 2.75) is 25.4 Å². The molecule has 0 spiro atoms. The lowest BCUT2D eigenvalue weighted by Crippen LogP contribution is -2.13. The van der Waals surface area contributed by atoms with Gasteiger partial charge in [-0.3, -0.25) is 4.72 Å². The van der Waals surface area contributed by atoms with Crippen LogP contribution in [0.3, 0.4) is 0 Å². The molecule has 6 nitrogen and oxygen atoms in total. The molecule has 1 aromatic carbocycles. The SMILES string of the molecule is CCn1cnc(S(=O)(=O)Nc2cc(C)ccc2O)c1. The van der Waals surface area contributed by atoms with Crippen molar-refractivity contribution in [3.05, 3.63) is 36.3 Å². The average molecular weight is 281 g/mol. The van der Waals surface area contributed by atoms with Crippen LogP contribution in [0.4, 0.5) is 5.69 Å². The van der Waals surface area contributed by atoms with Crippen LogP contribution >= 0.6 is 0 Å². The number of nitrogens with one attached hydrogen (secondary N) is 1. The number of sulfonamides is 1. The highest BCUT2D eigenvalue weighted by molar-refractivity contribution is 7.92. The fraction of sp³-hybridized carbons (Fsp3) is 0.250. The zero-order valence-corrected chi connectivity index (χ0v) is 11.5. The van der Waals surface area contributed by atoms with E-state index in [-0.39, 0.29) is 16.5 Å². The summed E-state index contributed by atoms with van der Waals surface area (Å²) in [5.41, 5.74) is 0.987. The first-order valence-corrected chi connectivity index (χ1v) is 7.25. The highest BCUT2D eigenvalue weighted by Gasteiger charge is 2.18. The van der Waals surface area contributed by atoms with Crippen molar-refractivity contribution in [1.29, 1.82) is 0 Å². The number of hydrogen-bond acceptors (Lipinski definition) is 4. The van der Waals surface area contributed by atoms with E-state index in [0.29, 0.717) is 6.54 Å². The van der Waals surface area contributed by atoms with E-state index >= 15 is 0 Å². The highest BCUT2D eigenvalue weighted by atomic mass is 32.2. The van der Waals surface area contributed by atoms with Crippen LogP contribution in [0.15, 0.2) is 35.7 Å². The maximum absolute atomic E-state index is 12.1. The molecule has 0 radical (unpaired) electrons. The summed E-state index contributed by atoms with van der Waals surface area (Å²) in [6.45, 7) is 4.33. The zero-order chi connectivity index (χ0) is 14.0. The van der Waals surface area contributed by atoms with Crippen LogP contribution in [0, 0.1) is 6.92 Å². The van der Waals surface area contributed by atoms with Crippen molar-refractivity contribution in [3.8, 4) is 5.75 Å². The van der Waals surface area contributed by atoms with E-state index in [1.807, 2.05) is 13.8 Å². The molecule has 19 heavy (non-hydrogen) atoms. The Morgan fingerprint density at radius 3 is 2.79 bits per heavy atom. The third kappa shape index (κ3) is 2.87. The molecule has 1 heterocycles. The van der Waals surface area contributed by atoms with Crippen molar-refractivity contribution in [1.82, 2.24) is 9.55 Å². The van der Waals surface area contributed by atoms with Gasteiger partial charge in [0.25, 0.3) is 10.0 Å². The van der Waals surface area contributed by atoms with E-state index < -0.39 is 10.0 Å². The molecule has 0 unspecified atom stereocenters. The Labute approximate surface area is 111 Å². The number of anilines is 1. The Kier molecular flexibility index (Phi) is 3.48. The van der Waals surface area contributed by atoms with Crippen molar-refractivity contribution in [2.75, 3.05) is 4.72 Å². The summed E-state index contributed by atoms with van der Waals surface area (Å²) in [5, 5.41) is 9.57. The summed E-state index contributed by atoms with van der Waals surface area (Å²) in [5.74, 6) is -0.121. The van der Waals surface area contributed by atoms with Gasteiger partial charge in [-0.1, -0.05) is 6.07 Å². The van der Waals surface area contributed by atoms with Crippen LogP contribution in [0.5, 0.6) is 5.75 Å². The van der Waals surface area contributed by atoms with Gasteiger partial charge >= 0.3 is 0 Å². The lowest BCUT2D eigenvalue weighted by Gasteiger charge is -2.08. The molecule has 2 rings (SSSR count). The number of aromatic hydroxyl groups is 1. The summed E-state index contributed by atoms with van der Waals surface area (Å²) in [4.78, 5) is 3.84. The number of benzene rings is 1. The minimum absolute atomic E-state index is 0.0738. The van der Waals surface area contributed by atoms with Crippen LogP contribution in [-0.4, -0.2) is 23.1 Å². The van der Waals surface area contributed by atoms with Gasteiger partial charge in [-0.2, -0.15) is 8.42 Å². The molecule has 0 aliphatic heterocycles. The van der Waals surface area contributed by atoms with E-state index in [1.54, 1.807) is 16.7 Å². The fourth-order valence-corrected chi connectivity index (χ4v) is 2.60. The Balaban J connectivity index is 2.33. The molecule has 0 saturated heterocycles. The first-order valence-electron chi connectivity index (χ1n) is 5.76. The first kappa shape index (κ1) is 13.4. The number of rotatable bonds is 4. The smallest absolute Gasteiger partial charge is 0.281 e. The van der Waals surface area contributed by atoms with Gasteiger partial charge in [0.15, 0.2) is 5.03 Å². The third-order valence-corrected chi connectivity index (χ3v) is 3.90. The van der Waals surface area contributed by atoms with Crippen LogP contribution in [0.1, 0.15) is 12.5 Å². The lowest BCUT2D eigenvalue weighted by atomic mass is 10.2. The molecule has 0 atom stereocenters. The molecule has 1 aromatic heterocycles. The van der Waals surface area contributed by atoms with Gasteiger partial charge in [-0.05, 0) is 31.5 Å². The molecule has 102 valence electrons. The molecule has 2 N–H and O–H groups in total. The fourth-order valence-electron chi connectivity index (χ4n) is 1.58. The average Bonchev–Trinajstić information content (AvgIpc) is 2.83. The van der Waals surface area contributed by atoms with E-state index in [1.165, 1.54) is 18.6 Å². The molecule has 0 aliphatic carbocycles. The first-order chi connectivity index (χ1) is 8.92. The second-order valence-corrected chi connectivity index (χ2v) is 5.80. The van der Waals surface area contributed by atoms with Crippen LogP contribution in [0.2, 0.25) is 0 Å². The van der Waals surface area contributed by atoms with Crippen LogP contribution in [-0.2, 0) is 16.6 Å². The minimum atomic E-state index is -3.78. The molecule has 0 bridgehead atoms. The monoisotopic (exact) mass is 281 g/mol. The molecule has 0 amide bonds. The van der Waals surface area contributed by atoms with E-state index in [0.717, 1.165) is 5.56 Å².